The fraction of sp³-hybridized carbons (Fsp3) is 0.295. The number of aryl methyl sites for hydroxylation is 5. The van der Waals surface area contributed by atoms with Crippen LogP contribution in [0, 0.1) is 39.8 Å². The predicted molar refractivity (Wildman–Crippen MR) is 317 cm³/mol. The normalized spacial score (nSPS) is 15.7. The number of pyridine rings is 5. The Labute approximate surface area is 501 Å². The van der Waals surface area contributed by atoms with Crippen molar-refractivity contribution < 1.29 is 48.8 Å². The van der Waals surface area contributed by atoms with Gasteiger partial charge in [0.25, 0.3) is 19.2 Å². The fourth-order valence-electron chi connectivity index (χ4n) is 8.65. The van der Waals surface area contributed by atoms with Crippen molar-refractivity contribution in [2.45, 2.75) is 114 Å². The molecule has 3 aromatic carbocycles. The van der Waals surface area contributed by atoms with Gasteiger partial charge < -0.3 is 15.1 Å². The molecule has 4 atom stereocenters. The van der Waals surface area contributed by atoms with Crippen molar-refractivity contribution in [1.29, 1.82) is 0 Å². The molecule has 0 bridgehead atoms. The molecule has 0 saturated carbocycles. The van der Waals surface area contributed by atoms with E-state index in [-0.39, 0.29) is 15.8 Å². The van der Waals surface area contributed by atoms with E-state index in [0.29, 0.717) is 48.0 Å². The lowest BCUT2D eigenvalue weighted by atomic mass is 9.83. The lowest BCUT2D eigenvalue weighted by molar-refractivity contribution is -0.618. The molecule has 10 rings (SSSR count). The lowest BCUT2D eigenvalue weighted by Gasteiger charge is -2.41. The zero-order chi connectivity index (χ0) is 60.9. The van der Waals surface area contributed by atoms with Gasteiger partial charge in [-0.05, 0) is 167 Å². The minimum absolute atomic E-state index is 0.135. The molecular formula is C61H64BrCl2F3N6O8S2. The largest absolute Gasteiger partial charge is 0.618 e. The van der Waals surface area contributed by atoms with E-state index in [1.165, 1.54) is 30.0 Å². The molecule has 22 heteroatoms. The van der Waals surface area contributed by atoms with Crippen LogP contribution in [0.25, 0.3) is 0 Å². The summed E-state index contributed by atoms with van der Waals surface area (Å²) in [6.45, 7) is 16.4. The van der Waals surface area contributed by atoms with Crippen molar-refractivity contribution in [3.05, 3.63) is 247 Å². The van der Waals surface area contributed by atoms with E-state index in [2.05, 4.69) is 40.8 Å². The molecule has 1 saturated heterocycles. The third-order valence-electron chi connectivity index (χ3n) is 13.4. The van der Waals surface area contributed by atoms with Crippen LogP contribution < -0.4 is 4.73 Å². The second-order valence-electron chi connectivity index (χ2n) is 20.0. The van der Waals surface area contributed by atoms with E-state index in [0.717, 1.165) is 60.7 Å². The molecule has 1 fully saturated rings. The van der Waals surface area contributed by atoms with Crippen molar-refractivity contribution in [2.24, 2.45) is 0 Å². The maximum Gasteiger partial charge on any atom is 0.417 e. The number of fused-ring (bicyclic) bond motifs is 2. The first-order valence-corrected chi connectivity index (χ1v) is 31.0. The van der Waals surface area contributed by atoms with Gasteiger partial charge in [0.15, 0.2) is 12.3 Å². The quantitative estimate of drug-likeness (QED) is 0.0473. The Kier molecular flexibility index (Phi) is 23.1. The molecule has 2 aliphatic heterocycles. The van der Waals surface area contributed by atoms with Gasteiger partial charge in [-0.25, -0.2) is 13.4 Å². The molecule has 1 spiro atoms. The summed E-state index contributed by atoms with van der Waals surface area (Å²) in [7, 11) is -2.24. The molecule has 5 aromatic heterocycles. The Balaban J connectivity index is 0.000000189. The van der Waals surface area contributed by atoms with Crippen LogP contribution in [0.3, 0.4) is 0 Å². The van der Waals surface area contributed by atoms with Gasteiger partial charge in [0.1, 0.15) is 10.7 Å². The average Bonchev–Trinajstić information content (AvgIpc) is 3.77. The van der Waals surface area contributed by atoms with Gasteiger partial charge in [-0.1, -0.05) is 89.5 Å². The number of aliphatic hydroxyl groups excluding tert-OH is 1. The number of hydrogen-bond donors (Lipinski definition) is 1. The Hall–Kier alpha value is -6.20. The number of rotatable bonds is 9. The smallest absolute Gasteiger partial charge is 0.417 e. The number of hydrogen-bond acceptors (Lipinski definition) is 13. The van der Waals surface area contributed by atoms with Crippen LogP contribution in [0.1, 0.15) is 125 Å². The van der Waals surface area contributed by atoms with Crippen molar-refractivity contribution in [2.75, 3.05) is 13.1 Å². The number of likely N-dealkylation sites (tertiary alicyclic amines) is 1. The summed E-state index contributed by atoms with van der Waals surface area (Å²) < 4.78 is 97.8. The van der Waals surface area contributed by atoms with Crippen molar-refractivity contribution in [3.8, 4) is 0 Å². The van der Waals surface area contributed by atoms with Gasteiger partial charge in [0.05, 0.1) is 49.2 Å². The fourth-order valence-corrected chi connectivity index (χ4v) is 10.9. The van der Waals surface area contributed by atoms with Gasteiger partial charge >= 0.3 is 6.18 Å². The van der Waals surface area contributed by atoms with E-state index in [4.69, 9.17) is 36.3 Å². The van der Waals surface area contributed by atoms with Crippen LogP contribution in [-0.2, 0) is 39.9 Å². The minimum Gasteiger partial charge on any atom is -0.618 e. The number of nitrogens with zero attached hydrogens (tertiary/aromatic N) is 6. The third-order valence-corrected chi connectivity index (χ3v) is 16.9. The van der Waals surface area contributed by atoms with Crippen LogP contribution in [0.2, 0.25) is 5.02 Å². The monoisotopic (exact) mass is 1280 g/mol. The minimum atomic E-state index is -4.40. The first kappa shape index (κ1) is 65.9. The van der Waals surface area contributed by atoms with Crippen LogP contribution >= 0.6 is 38.2 Å². The summed E-state index contributed by atoms with van der Waals surface area (Å²) in [4.78, 5) is 18.8. The second kappa shape index (κ2) is 29.1. The number of alkyl halides is 3. The summed E-state index contributed by atoms with van der Waals surface area (Å²) in [6.07, 6.45) is 2.91. The summed E-state index contributed by atoms with van der Waals surface area (Å²) in [5.41, 5.74) is 8.42. The highest BCUT2D eigenvalue weighted by molar-refractivity contribution is 9.10. The topological polar surface area (TPSA) is 189 Å². The first-order chi connectivity index (χ1) is 39.0. The molecule has 0 aliphatic carbocycles. The highest BCUT2D eigenvalue weighted by atomic mass is 79.9. The predicted octanol–water partition coefficient (Wildman–Crippen LogP) is 14.2. The SMILES string of the molecule is CC(c1ccc(C(F)(F)F)cn1)N1CCC2(CC1)OC(c1cc(Cl)cc[n+]1[O-])c1ccccc12.Cc1ccc(Br)nc1.Cc1ccc(C(C)O)nc1.Cc1ccc(S(=O)(=O)Cl)cc1.Cc1ccc(S(=O)(=O)OC(C)c2ccc(C)cn2)cc1. The highest BCUT2D eigenvalue weighted by Gasteiger charge is 2.49. The molecule has 440 valence electrons. The maximum atomic E-state index is 12.9. The van der Waals surface area contributed by atoms with Crippen LogP contribution in [0.4, 0.5) is 13.2 Å². The number of aromatic nitrogens is 5. The molecule has 7 heterocycles. The number of halogens is 6. The van der Waals surface area contributed by atoms with Gasteiger partial charge in [0, 0.05) is 66.7 Å². The maximum absolute atomic E-state index is 12.9. The van der Waals surface area contributed by atoms with E-state index in [1.54, 1.807) is 80.8 Å². The molecule has 14 nitrogen and oxygen atoms in total. The number of aliphatic hydroxyl groups is 1. The molecular weight excluding hydrogens is 1220 g/mol. The zero-order valence-electron chi connectivity index (χ0n) is 46.8. The van der Waals surface area contributed by atoms with Gasteiger partial charge in [0.2, 0.25) is 5.69 Å². The van der Waals surface area contributed by atoms with Crippen molar-refractivity contribution >= 4 is 57.4 Å². The summed E-state index contributed by atoms with van der Waals surface area (Å²) >= 11 is 9.40. The van der Waals surface area contributed by atoms with Crippen molar-refractivity contribution in [1.82, 2.24) is 24.8 Å². The van der Waals surface area contributed by atoms with E-state index >= 15 is 0 Å². The standard InChI is InChI=1S/C25H23ClF3N3O2.C15H17NO3S.C8H11NO.C7H7ClO2S.C6H6BrN/c1-16(21-7-6-17(15-30-21)25(27,28)29)31-12-9-24(10-13-31)20-5-3-2-4-19(20)23(34-24)22-14-18(26)8-11-32(22)33;1-11-4-7-14(8-5-11)20(17,18)19-13(3)15-9-6-12(2)10-16-15;1-6-3-4-8(7(2)10)9-5-6;1-6-2-4-7(5-3-6)11(8,9)10;1-5-2-3-6(7)8-4-5/h2-8,11,14-16,23H,9-10,12-13H2,1H3;4-10,13H,1-3H3;3-5,7,10H,1-2H3;2-5H,1H3;2-4H,1H3. The number of benzene rings is 3. The highest BCUT2D eigenvalue weighted by Crippen LogP contribution is 2.51. The Morgan fingerprint density at radius 1 is 0.699 bits per heavy atom. The van der Waals surface area contributed by atoms with E-state index in [1.807, 2.05) is 102 Å². The first-order valence-electron chi connectivity index (χ1n) is 26.1. The van der Waals surface area contributed by atoms with Crippen LogP contribution in [0.15, 0.2) is 179 Å². The van der Waals surface area contributed by atoms with E-state index < -0.39 is 54.8 Å². The van der Waals surface area contributed by atoms with Gasteiger partial charge in [-0.2, -0.15) is 26.3 Å². The van der Waals surface area contributed by atoms with Gasteiger partial charge in [-0.15, -0.1) is 0 Å². The molecule has 83 heavy (non-hydrogen) atoms. The molecule has 4 unspecified atom stereocenters. The summed E-state index contributed by atoms with van der Waals surface area (Å²) in [5.74, 6) is 0. The van der Waals surface area contributed by atoms with Crippen LogP contribution in [0.5, 0.6) is 0 Å². The van der Waals surface area contributed by atoms with Crippen LogP contribution in [-0.4, -0.2) is 59.9 Å². The molecule has 2 aliphatic rings. The number of ether oxygens (including phenoxy) is 1. The van der Waals surface area contributed by atoms with E-state index in [9.17, 15) is 35.2 Å². The molecule has 8 aromatic rings. The Morgan fingerprint density at radius 2 is 1.20 bits per heavy atom. The second-order valence-corrected chi connectivity index (χ2v) is 25.4. The zero-order valence-corrected chi connectivity index (χ0v) is 51.5. The molecule has 0 radical (unpaired) electrons. The lowest BCUT2D eigenvalue weighted by Crippen LogP contribution is -2.44. The molecule has 1 N–H and O–H groups in total. The van der Waals surface area contributed by atoms with Gasteiger partial charge in [-0.3, -0.25) is 24.0 Å². The summed E-state index contributed by atoms with van der Waals surface area (Å²) in [5, 5.41) is 22.0. The summed E-state index contributed by atoms with van der Waals surface area (Å²) in [6, 6.07) is 37.8. The van der Waals surface area contributed by atoms with Crippen molar-refractivity contribution in [3.63, 3.8) is 0 Å². The average molecular weight is 1280 g/mol. The third kappa shape index (κ3) is 18.9. The Bertz CT molecular complexity index is 3590. The number of piperidine rings is 1. The molecule has 0 amide bonds. The Morgan fingerprint density at radius 3 is 1.69 bits per heavy atom.